The number of nitrogens with two attached hydrogens (primary N) is 1. The van der Waals surface area contributed by atoms with Crippen LogP contribution in [0.3, 0.4) is 0 Å². The first-order chi connectivity index (χ1) is 8.61. The highest BCUT2D eigenvalue weighted by Crippen LogP contribution is 2.24. The summed E-state index contributed by atoms with van der Waals surface area (Å²) < 4.78 is 6.23. The van der Waals surface area contributed by atoms with E-state index >= 15 is 0 Å². The average molecular weight is 310 g/mol. The van der Waals surface area contributed by atoms with Crippen LogP contribution in [-0.2, 0) is 0 Å². The first-order valence-corrected chi connectivity index (χ1v) is 6.76. The van der Waals surface area contributed by atoms with Crippen molar-refractivity contribution in [3.63, 3.8) is 0 Å². The number of hydrogen-bond acceptors (Lipinski definition) is 4. The zero-order valence-corrected chi connectivity index (χ0v) is 12.0. The zero-order chi connectivity index (χ0) is 13.1. The predicted octanol–water partition coefficient (Wildman–Crippen LogP) is 3.55. The second kappa shape index (κ2) is 5.63. The van der Waals surface area contributed by atoms with E-state index in [0.717, 1.165) is 16.5 Å². The number of rotatable bonds is 4. The lowest BCUT2D eigenvalue weighted by molar-refractivity contribution is 0.312. The summed E-state index contributed by atoms with van der Waals surface area (Å²) in [7, 11) is 0. The lowest BCUT2D eigenvalue weighted by Gasteiger charge is -2.12. The van der Waals surface area contributed by atoms with Crippen LogP contribution in [0.5, 0.6) is 0 Å². The van der Waals surface area contributed by atoms with Gasteiger partial charge in [-0.3, -0.25) is 0 Å². The van der Waals surface area contributed by atoms with Crippen molar-refractivity contribution in [2.45, 2.75) is 26.3 Å². The van der Waals surface area contributed by atoms with Gasteiger partial charge in [-0.05, 0) is 18.1 Å². The highest BCUT2D eigenvalue weighted by Gasteiger charge is 2.20. The van der Waals surface area contributed by atoms with Crippen molar-refractivity contribution in [1.29, 1.82) is 0 Å². The van der Waals surface area contributed by atoms with Crippen LogP contribution in [0.4, 0.5) is 0 Å². The Labute approximate surface area is 115 Å². The molecule has 4 nitrogen and oxygen atoms in total. The van der Waals surface area contributed by atoms with E-state index in [2.05, 4.69) is 39.9 Å². The maximum atomic E-state index is 6.06. The Kier molecular flexibility index (Phi) is 4.14. The van der Waals surface area contributed by atoms with E-state index in [1.165, 1.54) is 0 Å². The number of aromatic nitrogens is 2. The van der Waals surface area contributed by atoms with Crippen molar-refractivity contribution in [2.24, 2.45) is 11.7 Å². The summed E-state index contributed by atoms with van der Waals surface area (Å²) in [6.45, 7) is 4.17. The molecule has 2 unspecified atom stereocenters. The number of benzene rings is 1. The van der Waals surface area contributed by atoms with Crippen LogP contribution >= 0.6 is 15.9 Å². The molecule has 0 amide bonds. The molecule has 1 aromatic carbocycles. The van der Waals surface area contributed by atoms with Crippen LogP contribution in [0.1, 0.15) is 32.2 Å². The fraction of sp³-hybridized carbons (Fsp3) is 0.385. The molecule has 0 spiro atoms. The molecule has 0 aliphatic heterocycles. The minimum atomic E-state index is -0.205. The maximum absolute atomic E-state index is 6.06. The molecule has 0 fully saturated rings. The highest BCUT2D eigenvalue weighted by molar-refractivity contribution is 9.10. The molecule has 2 N–H and O–H groups in total. The summed E-state index contributed by atoms with van der Waals surface area (Å²) >= 11 is 3.42. The second-order valence-corrected chi connectivity index (χ2v) is 5.29. The van der Waals surface area contributed by atoms with Crippen LogP contribution in [0, 0.1) is 5.92 Å². The Morgan fingerprint density at radius 2 is 2.22 bits per heavy atom. The first kappa shape index (κ1) is 13.2. The zero-order valence-electron chi connectivity index (χ0n) is 10.4. The molecule has 0 saturated heterocycles. The minimum Gasteiger partial charge on any atom is -0.337 e. The third-order valence-corrected chi connectivity index (χ3v) is 3.56. The van der Waals surface area contributed by atoms with Crippen molar-refractivity contribution < 1.29 is 4.52 Å². The van der Waals surface area contributed by atoms with E-state index in [1.54, 1.807) is 0 Å². The smallest absolute Gasteiger partial charge is 0.244 e. The molecule has 18 heavy (non-hydrogen) atoms. The van der Waals surface area contributed by atoms with Gasteiger partial charge in [-0.1, -0.05) is 53.5 Å². The van der Waals surface area contributed by atoms with Crippen molar-refractivity contribution >= 4 is 15.9 Å². The van der Waals surface area contributed by atoms with Crippen LogP contribution in [-0.4, -0.2) is 10.1 Å². The fourth-order valence-corrected chi connectivity index (χ4v) is 2.01. The van der Waals surface area contributed by atoms with Gasteiger partial charge < -0.3 is 10.3 Å². The Balaban J connectivity index is 2.25. The van der Waals surface area contributed by atoms with E-state index in [4.69, 9.17) is 10.3 Å². The van der Waals surface area contributed by atoms with Gasteiger partial charge in [-0.2, -0.15) is 4.98 Å². The maximum Gasteiger partial charge on any atom is 0.244 e. The molecule has 2 aromatic rings. The molecule has 1 aromatic heterocycles. The summed E-state index contributed by atoms with van der Waals surface area (Å²) in [4.78, 5) is 4.37. The number of hydrogen-bond donors (Lipinski definition) is 1. The van der Waals surface area contributed by atoms with Gasteiger partial charge in [0.2, 0.25) is 11.7 Å². The second-order valence-electron chi connectivity index (χ2n) is 4.38. The molecule has 96 valence electrons. The molecule has 0 aliphatic rings. The Morgan fingerprint density at radius 1 is 1.44 bits per heavy atom. The van der Waals surface area contributed by atoms with Gasteiger partial charge >= 0.3 is 0 Å². The number of halogens is 1. The lowest BCUT2D eigenvalue weighted by atomic mass is 10.0. The molecule has 0 saturated carbocycles. The molecular weight excluding hydrogens is 294 g/mol. The Hall–Kier alpha value is -1.20. The van der Waals surface area contributed by atoms with Gasteiger partial charge in [0.25, 0.3) is 0 Å². The van der Waals surface area contributed by atoms with E-state index in [9.17, 15) is 0 Å². The molecule has 2 atom stereocenters. The average Bonchev–Trinajstić information content (AvgIpc) is 2.86. The predicted molar refractivity (Wildman–Crippen MR) is 73.8 cm³/mol. The molecule has 0 radical (unpaired) electrons. The highest BCUT2D eigenvalue weighted by atomic mass is 79.9. The summed E-state index contributed by atoms with van der Waals surface area (Å²) in [5.74, 6) is 1.39. The van der Waals surface area contributed by atoms with Gasteiger partial charge in [-0.15, -0.1) is 0 Å². The third-order valence-electron chi connectivity index (χ3n) is 3.07. The monoisotopic (exact) mass is 309 g/mol. The minimum absolute atomic E-state index is 0.205. The molecule has 0 bridgehead atoms. The van der Waals surface area contributed by atoms with Crippen LogP contribution < -0.4 is 5.73 Å². The van der Waals surface area contributed by atoms with Crippen molar-refractivity contribution in [2.75, 3.05) is 0 Å². The van der Waals surface area contributed by atoms with Gasteiger partial charge in [0, 0.05) is 10.0 Å². The SMILES string of the molecule is CCC(C)C(N)c1nc(-c2cccc(Br)c2)no1. The van der Waals surface area contributed by atoms with Gasteiger partial charge in [0.15, 0.2) is 0 Å². The molecule has 0 aliphatic carbocycles. The lowest BCUT2D eigenvalue weighted by Crippen LogP contribution is -2.18. The summed E-state index contributed by atoms with van der Waals surface area (Å²) in [5, 5.41) is 3.98. The Bertz CT molecular complexity index is 526. The van der Waals surface area contributed by atoms with Gasteiger partial charge in [0.1, 0.15) is 0 Å². The first-order valence-electron chi connectivity index (χ1n) is 5.97. The van der Waals surface area contributed by atoms with E-state index < -0.39 is 0 Å². The fourth-order valence-electron chi connectivity index (χ4n) is 1.61. The Morgan fingerprint density at radius 3 is 2.89 bits per heavy atom. The van der Waals surface area contributed by atoms with Crippen LogP contribution in [0.2, 0.25) is 0 Å². The molecule has 1 heterocycles. The topological polar surface area (TPSA) is 64.9 Å². The normalized spacial score (nSPS) is 14.4. The van der Waals surface area contributed by atoms with Crippen LogP contribution in [0.15, 0.2) is 33.3 Å². The van der Waals surface area contributed by atoms with E-state index in [-0.39, 0.29) is 6.04 Å². The van der Waals surface area contributed by atoms with E-state index in [0.29, 0.717) is 17.6 Å². The third kappa shape index (κ3) is 2.79. The molecule has 2 rings (SSSR count). The summed E-state index contributed by atoms with van der Waals surface area (Å²) in [6, 6.07) is 7.57. The van der Waals surface area contributed by atoms with Crippen molar-refractivity contribution in [1.82, 2.24) is 10.1 Å². The van der Waals surface area contributed by atoms with E-state index in [1.807, 2.05) is 24.3 Å². The molecule has 5 heteroatoms. The van der Waals surface area contributed by atoms with Gasteiger partial charge in [-0.25, -0.2) is 0 Å². The number of nitrogens with zero attached hydrogens (tertiary/aromatic N) is 2. The summed E-state index contributed by atoms with van der Waals surface area (Å²) in [5.41, 5.74) is 6.98. The largest absolute Gasteiger partial charge is 0.337 e. The quantitative estimate of drug-likeness (QED) is 0.938. The standard InChI is InChI=1S/C13H16BrN3O/c1-3-8(2)11(15)13-16-12(17-18-13)9-5-4-6-10(14)7-9/h4-8,11H,3,15H2,1-2H3. The van der Waals surface area contributed by atoms with Crippen molar-refractivity contribution in [3.8, 4) is 11.4 Å². The summed E-state index contributed by atoms with van der Waals surface area (Å²) in [6.07, 6.45) is 0.982. The van der Waals surface area contributed by atoms with Crippen LogP contribution in [0.25, 0.3) is 11.4 Å². The van der Waals surface area contributed by atoms with Gasteiger partial charge in [0.05, 0.1) is 6.04 Å². The molecular formula is C13H16BrN3O. The van der Waals surface area contributed by atoms with Crippen molar-refractivity contribution in [3.05, 3.63) is 34.6 Å².